The Hall–Kier alpha value is -0.410. The van der Waals surface area contributed by atoms with Gasteiger partial charge in [0.05, 0.1) is 6.54 Å². The highest BCUT2D eigenvalue weighted by Gasteiger charge is 2.27. The Morgan fingerprint density at radius 2 is 1.58 bits per heavy atom. The van der Waals surface area contributed by atoms with E-state index >= 15 is 0 Å². The molecular weight excluding hydrogens is 236 g/mol. The maximum Gasteiger partial charge on any atom is 0.152 e. The van der Waals surface area contributed by atoms with Crippen LogP contribution in [0.4, 0.5) is 0 Å². The van der Waals surface area contributed by atoms with Crippen molar-refractivity contribution in [3.8, 4) is 0 Å². The molecule has 0 aromatic carbocycles. The molecule has 3 heteroatoms. The SMILES string of the molecule is CC(C)(C)C(=O)CN1CCC(CN2CCCC2)CC1. The summed E-state index contributed by atoms with van der Waals surface area (Å²) >= 11 is 0. The zero-order valence-corrected chi connectivity index (χ0v) is 13.0. The molecule has 3 nitrogen and oxygen atoms in total. The van der Waals surface area contributed by atoms with Gasteiger partial charge in [-0.15, -0.1) is 0 Å². The van der Waals surface area contributed by atoms with Crippen molar-refractivity contribution in [3.05, 3.63) is 0 Å². The molecule has 2 aliphatic rings. The lowest BCUT2D eigenvalue weighted by Gasteiger charge is -2.34. The predicted octanol–water partition coefficient (Wildman–Crippen LogP) is 2.41. The number of likely N-dealkylation sites (tertiary alicyclic amines) is 2. The Labute approximate surface area is 118 Å². The quantitative estimate of drug-likeness (QED) is 0.781. The van der Waals surface area contributed by atoms with E-state index in [4.69, 9.17) is 0 Å². The molecule has 0 bridgehead atoms. The van der Waals surface area contributed by atoms with Crippen molar-refractivity contribution in [2.24, 2.45) is 11.3 Å². The van der Waals surface area contributed by atoms with Crippen LogP contribution in [0.2, 0.25) is 0 Å². The van der Waals surface area contributed by atoms with Crippen molar-refractivity contribution in [2.75, 3.05) is 39.3 Å². The molecule has 0 unspecified atom stereocenters. The molecule has 0 N–H and O–H groups in total. The molecule has 2 rings (SSSR count). The molecule has 0 aromatic heterocycles. The van der Waals surface area contributed by atoms with Gasteiger partial charge < -0.3 is 4.90 Å². The molecule has 0 aliphatic carbocycles. The van der Waals surface area contributed by atoms with Crippen molar-refractivity contribution in [1.82, 2.24) is 9.80 Å². The van der Waals surface area contributed by atoms with Gasteiger partial charge in [-0.3, -0.25) is 9.69 Å². The number of Topliss-reactive ketones (excluding diaryl/α,β-unsaturated/α-hetero) is 1. The van der Waals surface area contributed by atoms with Crippen LogP contribution in [-0.2, 0) is 4.79 Å². The van der Waals surface area contributed by atoms with Gasteiger partial charge in [-0.25, -0.2) is 0 Å². The van der Waals surface area contributed by atoms with Crippen molar-refractivity contribution < 1.29 is 4.79 Å². The van der Waals surface area contributed by atoms with E-state index in [1.807, 2.05) is 20.8 Å². The molecule has 0 amide bonds. The second-order valence-corrected chi connectivity index (χ2v) is 7.40. The number of carbonyl (C=O) groups is 1. The van der Waals surface area contributed by atoms with Gasteiger partial charge >= 0.3 is 0 Å². The molecular formula is C16H30N2O. The number of piperidine rings is 1. The summed E-state index contributed by atoms with van der Waals surface area (Å²) in [5.41, 5.74) is -0.188. The van der Waals surface area contributed by atoms with Crippen molar-refractivity contribution in [1.29, 1.82) is 0 Å². The fourth-order valence-corrected chi connectivity index (χ4v) is 3.10. The molecule has 2 fully saturated rings. The number of carbonyl (C=O) groups excluding carboxylic acids is 1. The van der Waals surface area contributed by atoms with Gasteiger partial charge in [-0.05, 0) is 57.8 Å². The molecule has 2 saturated heterocycles. The standard InChI is InChI=1S/C16H30N2O/c1-16(2,3)15(19)13-18-10-6-14(7-11-18)12-17-8-4-5-9-17/h14H,4-13H2,1-3H3. The van der Waals surface area contributed by atoms with Crippen LogP contribution < -0.4 is 0 Å². The first-order valence-corrected chi connectivity index (χ1v) is 7.93. The van der Waals surface area contributed by atoms with Crippen LogP contribution in [0.5, 0.6) is 0 Å². The first kappa shape index (κ1) is 15.0. The third-order valence-electron chi connectivity index (χ3n) is 4.63. The fraction of sp³-hybridized carbons (Fsp3) is 0.938. The van der Waals surface area contributed by atoms with Crippen molar-refractivity contribution >= 4 is 5.78 Å². The van der Waals surface area contributed by atoms with Crippen LogP contribution in [0.3, 0.4) is 0 Å². The highest BCUT2D eigenvalue weighted by Crippen LogP contribution is 2.22. The minimum Gasteiger partial charge on any atom is -0.303 e. The smallest absolute Gasteiger partial charge is 0.152 e. The van der Waals surface area contributed by atoms with Crippen LogP contribution in [0.1, 0.15) is 46.5 Å². The minimum atomic E-state index is -0.188. The van der Waals surface area contributed by atoms with Crippen LogP contribution >= 0.6 is 0 Å². The number of nitrogens with zero attached hydrogens (tertiary/aromatic N) is 2. The molecule has 2 heterocycles. The molecule has 110 valence electrons. The van der Waals surface area contributed by atoms with Crippen molar-refractivity contribution in [3.63, 3.8) is 0 Å². The highest BCUT2D eigenvalue weighted by atomic mass is 16.1. The van der Waals surface area contributed by atoms with E-state index in [9.17, 15) is 4.79 Å². The van der Waals surface area contributed by atoms with Gasteiger partial charge in [0.15, 0.2) is 5.78 Å². The van der Waals surface area contributed by atoms with Gasteiger partial charge in [-0.2, -0.15) is 0 Å². The van der Waals surface area contributed by atoms with E-state index in [0.717, 1.165) is 19.0 Å². The predicted molar refractivity (Wildman–Crippen MR) is 79.3 cm³/mol. The van der Waals surface area contributed by atoms with Crippen LogP contribution in [0.25, 0.3) is 0 Å². The Balaban J connectivity index is 1.68. The molecule has 0 radical (unpaired) electrons. The molecule has 0 saturated carbocycles. The summed E-state index contributed by atoms with van der Waals surface area (Å²) in [6.45, 7) is 12.9. The van der Waals surface area contributed by atoms with Crippen LogP contribution in [0, 0.1) is 11.3 Å². The van der Waals surface area contributed by atoms with E-state index in [-0.39, 0.29) is 5.41 Å². The molecule has 0 aromatic rings. The second kappa shape index (κ2) is 6.36. The molecule has 0 spiro atoms. The van der Waals surface area contributed by atoms with E-state index in [1.54, 1.807) is 0 Å². The summed E-state index contributed by atoms with van der Waals surface area (Å²) in [4.78, 5) is 17.0. The van der Waals surface area contributed by atoms with Crippen LogP contribution in [0.15, 0.2) is 0 Å². The van der Waals surface area contributed by atoms with E-state index in [1.165, 1.54) is 45.3 Å². The first-order chi connectivity index (χ1) is 8.95. The third kappa shape index (κ3) is 4.57. The largest absolute Gasteiger partial charge is 0.303 e. The lowest BCUT2D eigenvalue weighted by molar-refractivity contribution is -0.127. The second-order valence-electron chi connectivity index (χ2n) is 7.40. The third-order valence-corrected chi connectivity index (χ3v) is 4.63. The number of hydrogen-bond acceptors (Lipinski definition) is 3. The highest BCUT2D eigenvalue weighted by molar-refractivity contribution is 5.85. The maximum absolute atomic E-state index is 12.0. The Bertz CT molecular complexity index is 294. The van der Waals surface area contributed by atoms with Gasteiger partial charge in [0.25, 0.3) is 0 Å². The van der Waals surface area contributed by atoms with E-state index in [2.05, 4.69) is 9.80 Å². The first-order valence-electron chi connectivity index (χ1n) is 7.93. The van der Waals surface area contributed by atoms with Gasteiger partial charge in [0.1, 0.15) is 0 Å². The summed E-state index contributed by atoms with van der Waals surface area (Å²) in [5.74, 6) is 1.24. The van der Waals surface area contributed by atoms with Gasteiger partial charge in [0.2, 0.25) is 0 Å². The number of ketones is 1. The fourth-order valence-electron chi connectivity index (χ4n) is 3.10. The summed E-state index contributed by atoms with van der Waals surface area (Å²) in [6.07, 6.45) is 5.32. The minimum absolute atomic E-state index is 0.188. The van der Waals surface area contributed by atoms with Gasteiger partial charge in [-0.1, -0.05) is 20.8 Å². The molecule has 19 heavy (non-hydrogen) atoms. The van der Waals surface area contributed by atoms with Crippen molar-refractivity contribution in [2.45, 2.75) is 46.5 Å². The molecule has 0 atom stereocenters. The Morgan fingerprint density at radius 1 is 1.00 bits per heavy atom. The maximum atomic E-state index is 12.0. The Morgan fingerprint density at radius 3 is 2.11 bits per heavy atom. The van der Waals surface area contributed by atoms with E-state index in [0.29, 0.717) is 12.3 Å². The lowest BCUT2D eigenvalue weighted by Crippen LogP contribution is -2.42. The summed E-state index contributed by atoms with van der Waals surface area (Å²) in [7, 11) is 0. The monoisotopic (exact) mass is 266 g/mol. The van der Waals surface area contributed by atoms with Crippen LogP contribution in [-0.4, -0.2) is 54.9 Å². The zero-order valence-electron chi connectivity index (χ0n) is 13.0. The number of rotatable bonds is 4. The summed E-state index contributed by atoms with van der Waals surface area (Å²) in [6, 6.07) is 0. The molecule has 2 aliphatic heterocycles. The lowest BCUT2D eigenvalue weighted by atomic mass is 9.89. The zero-order chi connectivity index (χ0) is 13.9. The summed E-state index contributed by atoms with van der Waals surface area (Å²) in [5, 5.41) is 0. The average Bonchev–Trinajstić information content (AvgIpc) is 2.83. The van der Waals surface area contributed by atoms with Gasteiger partial charge in [0, 0.05) is 12.0 Å². The average molecular weight is 266 g/mol. The van der Waals surface area contributed by atoms with E-state index < -0.39 is 0 Å². The number of hydrogen-bond donors (Lipinski definition) is 0. The topological polar surface area (TPSA) is 23.6 Å². The Kier molecular flexibility index (Phi) is 5.02. The normalized spacial score (nSPS) is 23.9. The summed E-state index contributed by atoms with van der Waals surface area (Å²) < 4.78 is 0.